The Morgan fingerprint density at radius 3 is 2.05 bits per heavy atom. The lowest BCUT2D eigenvalue weighted by atomic mass is 10.0. The molecule has 0 atom stereocenters. The number of benzene rings is 2. The Morgan fingerprint density at radius 1 is 0.895 bits per heavy atom. The summed E-state index contributed by atoms with van der Waals surface area (Å²) in [6.07, 6.45) is 0. The smallest absolute Gasteiger partial charge is 0.194 e. The Kier molecular flexibility index (Phi) is 4.26. The second kappa shape index (κ2) is 5.59. The molecule has 2 aromatic rings. The van der Waals surface area contributed by atoms with Crippen molar-refractivity contribution in [3.8, 4) is 0 Å². The predicted octanol–water partition coefficient (Wildman–Crippen LogP) is 5.11. The fraction of sp³-hybridized carbons (Fsp3) is 0. The second-order valence-corrected chi connectivity index (χ2v) is 5.46. The van der Waals surface area contributed by atoms with E-state index >= 15 is 0 Å². The van der Waals surface area contributed by atoms with E-state index in [9.17, 15) is 4.79 Å². The first-order valence-corrected chi connectivity index (χ1v) is 6.65. The van der Waals surface area contributed by atoms with Crippen LogP contribution in [0.25, 0.3) is 0 Å². The summed E-state index contributed by atoms with van der Waals surface area (Å²) >= 11 is 23.6. The summed E-state index contributed by atoms with van der Waals surface area (Å²) in [4.78, 5) is 12.3. The van der Waals surface area contributed by atoms with E-state index in [1.165, 1.54) is 18.2 Å². The van der Waals surface area contributed by atoms with Crippen molar-refractivity contribution in [1.82, 2.24) is 0 Å². The van der Waals surface area contributed by atoms with Gasteiger partial charge >= 0.3 is 0 Å². The highest BCUT2D eigenvalue weighted by molar-refractivity contribution is 6.40. The Balaban J connectivity index is 2.53. The van der Waals surface area contributed by atoms with Gasteiger partial charge in [-0.15, -0.1) is 0 Å². The first-order valence-electron chi connectivity index (χ1n) is 5.14. The highest BCUT2D eigenvalue weighted by atomic mass is 35.5. The van der Waals surface area contributed by atoms with Gasteiger partial charge in [0.25, 0.3) is 0 Å². The number of hydrogen-bond donors (Lipinski definition) is 1. The van der Waals surface area contributed by atoms with Gasteiger partial charge < -0.3 is 5.73 Å². The third kappa shape index (κ3) is 2.98. The van der Waals surface area contributed by atoms with Crippen LogP contribution < -0.4 is 5.73 Å². The monoisotopic (exact) mass is 333 g/mol. The lowest BCUT2D eigenvalue weighted by molar-refractivity contribution is 0.103. The minimum atomic E-state index is -0.323. The van der Waals surface area contributed by atoms with Crippen LogP contribution in [0.3, 0.4) is 0 Å². The summed E-state index contributed by atoms with van der Waals surface area (Å²) in [5.41, 5.74) is 6.44. The molecule has 0 heterocycles. The van der Waals surface area contributed by atoms with Crippen molar-refractivity contribution in [2.75, 3.05) is 5.73 Å². The second-order valence-electron chi connectivity index (χ2n) is 3.81. The highest BCUT2D eigenvalue weighted by Crippen LogP contribution is 2.31. The van der Waals surface area contributed by atoms with Crippen LogP contribution in [0, 0.1) is 0 Å². The molecule has 0 aliphatic heterocycles. The van der Waals surface area contributed by atoms with E-state index in [4.69, 9.17) is 52.1 Å². The largest absolute Gasteiger partial charge is 0.396 e. The van der Waals surface area contributed by atoms with Crippen LogP contribution in [-0.4, -0.2) is 5.78 Å². The molecule has 0 unspecified atom stereocenters. The van der Waals surface area contributed by atoms with Crippen LogP contribution in [0.2, 0.25) is 20.1 Å². The molecule has 19 heavy (non-hydrogen) atoms. The van der Waals surface area contributed by atoms with Crippen LogP contribution in [-0.2, 0) is 0 Å². The van der Waals surface area contributed by atoms with E-state index in [0.29, 0.717) is 15.6 Å². The molecule has 0 saturated carbocycles. The van der Waals surface area contributed by atoms with E-state index in [-0.39, 0.29) is 27.1 Å². The van der Waals surface area contributed by atoms with Crippen LogP contribution in [0.1, 0.15) is 15.9 Å². The number of carbonyl (C=O) groups excluding carboxylic acids is 1. The van der Waals surface area contributed by atoms with E-state index < -0.39 is 0 Å². The van der Waals surface area contributed by atoms with Crippen molar-refractivity contribution in [1.29, 1.82) is 0 Å². The molecule has 6 heteroatoms. The average molecular weight is 335 g/mol. The normalized spacial score (nSPS) is 10.5. The number of rotatable bonds is 2. The molecule has 98 valence electrons. The van der Waals surface area contributed by atoms with Gasteiger partial charge in [0.1, 0.15) is 0 Å². The number of carbonyl (C=O) groups is 1. The summed E-state index contributed by atoms with van der Waals surface area (Å²) in [5.74, 6) is -0.323. The Bertz CT molecular complexity index is 647. The first-order chi connectivity index (χ1) is 8.90. The van der Waals surface area contributed by atoms with Gasteiger partial charge in [0.05, 0.1) is 20.8 Å². The zero-order valence-electron chi connectivity index (χ0n) is 9.38. The van der Waals surface area contributed by atoms with Crippen molar-refractivity contribution in [2.45, 2.75) is 0 Å². The van der Waals surface area contributed by atoms with Gasteiger partial charge in [0, 0.05) is 16.1 Å². The third-order valence-corrected chi connectivity index (χ3v) is 3.70. The first kappa shape index (κ1) is 14.5. The molecule has 0 radical (unpaired) electrons. The molecule has 0 fully saturated rings. The Labute approximate surface area is 130 Å². The minimum absolute atomic E-state index is 0.217. The fourth-order valence-corrected chi connectivity index (χ4v) is 2.40. The van der Waals surface area contributed by atoms with Crippen LogP contribution in [0.4, 0.5) is 5.69 Å². The molecule has 0 aliphatic rings. The maximum Gasteiger partial charge on any atom is 0.194 e. The summed E-state index contributed by atoms with van der Waals surface area (Å²) in [6.45, 7) is 0. The third-order valence-electron chi connectivity index (χ3n) is 2.51. The molecule has 2 nitrogen and oxygen atoms in total. The number of hydrogen-bond acceptors (Lipinski definition) is 2. The van der Waals surface area contributed by atoms with Gasteiger partial charge in [-0.05, 0) is 30.3 Å². The van der Waals surface area contributed by atoms with Crippen molar-refractivity contribution < 1.29 is 4.79 Å². The number of halogens is 4. The predicted molar refractivity (Wildman–Crippen MR) is 80.8 cm³/mol. The van der Waals surface area contributed by atoms with Crippen molar-refractivity contribution >= 4 is 57.9 Å². The standard InChI is InChI=1S/C13H7Cl4NO/c14-7-1-2-9(15)8(5-7)13(19)6-3-10(16)12(18)11(17)4-6/h1-5H,18H2. The molecule has 0 spiro atoms. The molecular formula is C13H7Cl4NO. The zero-order chi connectivity index (χ0) is 14.2. The van der Waals surface area contributed by atoms with Gasteiger partial charge in [0.2, 0.25) is 0 Å². The molecule has 0 bridgehead atoms. The zero-order valence-corrected chi connectivity index (χ0v) is 12.4. The van der Waals surface area contributed by atoms with Crippen molar-refractivity contribution in [3.05, 3.63) is 61.5 Å². The topological polar surface area (TPSA) is 43.1 Å². The molecular weight excluding hydrogens is 328 g/mol. The van der Waals surface area contributed by atoms with E-state index in [0.717, 1.165) is 0 Å². The van der Waals surface area contributed by atoms with Crippen LogP contribution in [0.15, 0.2) is 30.3 Å². The molecule has 2 aromatic carbocycles. The van der Waals surface area contributed by atoms with Gasteiger partial charge in [-0.2, -0.15) is 0 Å². The summed E-state index contributed by atoms with van der Waals surface area (Å²) in [7, 11) is 0. The van der Waals surface area contributed by atoms with Gasteiger partial charge in [0.15, 0.2) is 5.78 Å². The molecule has 0 saturated heterocycles. The molecule has 0 amide bonds. The summed E-state index contributed by atoms with van der Waals surface area (Å²) < 4.78 is 0. The van der Waals surface area contributed by atoms with Crippen molar-refractivity contribution in [3.63, 3.8) is 0 Å². The molecule has 2 rings (SSSR count). The Morgan fingerprint density at radius 2 is 1.47 bits per heavy atom. The number of nitrogens with two attached hydrogens (primary N) is 1. The SMILES string of the molecule is Nc1c(Cl)cc(C(=O)c2cc(Cl)ccc2Cl)cc1Cl. The summed E-state index contributed by atoms with van der Waals surface area (Å²) in [5, 5.41) is 1.15. The van der Waals surface area contributed by atoms with Crippen LogP contribution >= 0.6 is 46.4 Å². The minimum Gasteiger partial charge on any atom is -0.396 e. The number of anilines is 1. The van der Waals surface area contributed by atoms with Gasteiger partial charge in [-0.1, -0.05) is 46.4 Å². The fourth-order valence-electron chi connectivity index (χ4n) is 1.54. The lowest BCUT2D eigenvalue weighted by Crippen LogP contribution is -2.03. The highest BCUT2D eigenvalue weighted by Gasteiger charge is 2.16. The average Bonchev–Trinajstić information content (AvgIpc) is 2.37. The summed E-state index contributed by atoms with van der Waals surface area (Å²) in [6, 6.07) is 7.54. The lowest BCUT2D eigenvalue weighted by Gasteiger charge is -2.07. The molecule has 0 aromatic heterocycles. The maximum atomic E-state index is 12.3. The molecule has 0 aliphatic carbocycles. The molecule has 2 N–H and O–H groups in total. The number of nitrogen functional groups attached to an aromatic ring is 1. The maximum absolute atomic E-state index is 12.3. The van der Waals surface area contributed by atoms with Gasteiger partial charge in [-0.25, -0.2) is 0 Å². The van der Waals surface area contributed by atoms with Crippen LogP contribution in [0.5, 0.6) is 0 Å². The van der Waals surface area contributed by atoms with E-state index in [1.54, 1.807) is 12.1 Å². The van der Waals surface area contributed by atoms with E-state index in [2.05, 4.69) is 0 Å². The van der Waals surface area contributed by atoms with Crippen molar-refractivity contribution in [2.24, 2.45) is 0 Å². The number of ketones is 1. The van der Waals surface area contributed by atoms with E-state index in [1.807, 2.05) is 0 Å². The quantitative estimate of drug-likeness (QED) is 0.612. The van der Waals surface area contributed by atoms with Gasteiger partial charge in [-0.3, -0.25) is 4.79 Å². The Hall–Kier alpha value is -0.930.